The van der Waals surface area contributed by atoms with Gasteiger partial charge in [-0.3, -0.25) is 0 Å². The summed E-state index contributed by atoms with van der Waals surface area (Å²) in [6.45, 7) is 4.36. The summed E-state index contributed by atoms with van der Waals surface area (Å²) in [7, 11) is 1.77. The Balaban J connectivity index is 2.00. The Hall–Kier alpha value is -0.0800. The number of rotatable bonds is 5. The molecule has 1 aliphatic rings. The smallest absolute Gasteiger partial charge is 0.0474 e. The van der Waals surface area contributed by atoms with Gasteiger partial charge in [0.25, 0.3) is 0 Å². The van der Waals surface area contributed by atoms with Gasteiger partial charge in [0.2, 0.25) is 0 Å². The fourth-order valence-corrected chi connectivity index (χ4v) is 2.14. The summed E-state index contributed by atoms with van der Waals surface area (Å²) in [5.41, 5.74) is 0. The predicted octanol–water partition coefficient (Wildman–Crippen LogP) is 2.19. The van der Waals surface area contributed by atoms with Gasteiger partial charge < -0.3 is 10.1 Å². The molecule has 0 bridgehead atoms. The van der Waals surface area contributed by atoms with Crippen LogP contribution in [-0.2, 0) is 4.74 Å². The van der Waals surface area contributed by atoms with Gasteiger partial charge in [-0.2, -0.15) is 0 Å². The molecule has 1 rings (SSSR count). The number of hydrogen-bond acceptors (Lipinski definition) is 2. The first kappa shape index (κ1) is 11.0. The average Bonchev–Trinajstić information content (AvgIpc) is 2.13. The van der Waals surface area contributed by atoms with Crippen LogP contribution in [-0.4, -0.2) is 26.3 Å². The predicted molar refractivity (Wildman–Crippen MR) is 55.9 cm³/mol. The number of nitrogens with one attached hydrogen (secondary N) is 1. The summed E-state index contributed by atoms with van der Waals surface area (Å²) in [5, 5.41) is 3.61. The first-order valence-electron chi connectivity index (χ1n) is 5.55. The van der Waals surface area contributed by atoms with Crippen molar-refractivity contribution in [2.45, 2.75) is 45.1 Å². The summed E-state index contributed by atoms with van der Waals surface area (Å²) in [6.07, 6.45) is 6.71. The van der Waals surface area contributed by atoms with Gasteiger partial charge in [0.1, 0.15) is 0 Å². The summed E-state index contributed by atoms with van der Waals surface area (Å²) < 4.78 is 5.01. The molecule has 0 aromatic rings. The molecule has 0 spiro atoms. The molecule has 13 heavy (non-hydrogen) atoms. The topological polar surface area (TPSA) is 21.3 Å². The van der Waals surface area contributed by atoms with Crippen LogP contribution in [0.25, 0.3) is 0 Å². The van der Waals surface area contributed by atoms with E-state index in [4.69, 9.17) is 4.74 Å². The van der Waals surface area contributed by atoms with E-state index in [9.17, 15) is 0 Å². The molecule has 0 heterocycles. The number of ether oxygens (including phenoxy) is 1. The molecule has 0 amide bonds. The van der Waals surface area contributed by atoms with E-state index in [0.29, 0.717) is 0 Å². The van der Waals surface area contributed by atoms with Crippen molar-refractivity contribution in [1.82, 2.24) is 5.32 Å². The third kappa shape index (κ3) is 4.63. The standard InChI is InChI=1S/C11H23NO/c1-10-5-3-6-11(9-10)12-7-4-8-13-2/h10-12H,3-9H2,1-2H3/t10-,11-/m1/s1. The Morgan fingerprint density at radius 2 is 2.23 bits per heavy atom. The summed E-state index contributed by atoms with van der Waals surface area (Å²) >= 11 is 0. The van der Waals surface area contributed by atoms with Crippen LogP contribution in [0, 0.1) is 5.92 Å². The lowest BCUT2D eigenvalue weighted by molar-refractivity contribution is 0.190. The quantitative estimate of drug-likeness (QED) is 0.663. The van der Waals surface area contributed by atoms with Crippen molar-refractivity contribution in [1.29, 1.82) is 0 Å². The lowest BCUT2D eigenvalue weighted by Crippen LogP contribution is -2.34. The molecule has 1 aliphatic carbocycles. The van der Waals surface area contributed by atoms with Gasteiger partial charge in [0.05, 0.1) is 0 Å². The van der Waals surface area contributed by atoms with E-state index in [1.165, 1.54) is 25.7 Å². The third-order valence-electron chi connectivity index (χ3n) is 2.89. The Bertz CT molecular complexity index is 127. The average molecular weight is 185 g/mol. The van der Waals surface area contributed by atoms with Crippen LogP contribution in [0.4, 0.5) is 0 Å². The van der Waals surface area contributed by atoms with Crippen LogP contribution in [0.1, 0.15) is 39.0 Å². The lowest BCUT2D eigenvalue weighted by Gasteiger charge is -2.27. The zero-order chi connectivity index (χ0) is 9.52. The maximum Gasteiger partial charge on any atom is 0.0474 e. The van der Waals surface area contributed by atoms with Crippen molar-refractivity contribution in [2.24, 2.45) is 5.92 Å². The molecule has 2 heteroatoms. The monoisotopic (exact) mass is 185 g/mol. The van der Waals surface area contributed by atoms with Crippen molar-refractivity contribution in [3.05, 3.63) is 0 Å². The zero-order valence-corrected chi connectivity index (χ0v) is 9.01. The molecule has 78 valence electrons. The maximum absolute atomic E-state index is 5.01. The second-order valence-corrected chi connectivity index (χ2v) is 4.27. The van der Waals surface area contributed by atoms with Crippen molar-refractivity contribution in [3.8, 4) is 0 Å². The van der Waals surface area contributed by atoms with Gasteiger partial charge in [-0.05, 0) is 31.7 Å². The first-order valence-corrected chi connectivity index (χ1v) is 5.55. The van der Waals surface area contributed by atoms with Crippen LogP contribution in [0.3, 0.4) is 0 Å². The van der Waals surface area contributed by atoms with Gasteiger partial charge in [0, 0.05) is 19.8 Å². The highest BCUT2D eigenvalue weighted by Crippen LogP contribution is 2.23. The maximum atomic E-state index is 5.01. The minimum absolute atomic E-state index is 0.778. The molecule has 1 fully saturated rings. The molecule has 0 aromatic heterocycles. The van der Waals surface area contributed by atoms with Crippen LogP contribution in [0.2, 0.25) is 0 Å². The largest absolute Gasteiger partial charge is 0.385 e. The highest BCUT2D eigenvalue weighted by molar-refractivity contribution is 4.75. The Kier molecular flexibility index (Phi) is 5.40. The molecular weight excluding hydrogens is 162 g/mol. The minimum atomic E-state index is 0.778. The van der Waals surface area contributed by atoms with Crippen molar-refractivity contribution >= 4 is 0 Å². The fourth-order valence-electron chi connectivity index (χ4n) is 2.14. The van der Waals surface area contributed by atoms with Crippen LogP contribution >= 0.6 is 0 Å². The number of hydrogen-bond donors (Lipinski definition) is 1. The van der Waals surface area contributed by atoms with E-state index >= 15 is 0 Å². The van der Waals surface area contributed by atoms with E-state index in [2.05, 4.69) is 12.2 Å². The second kappa shape index (κ2) is 6.39. The van der Waals surface area contributed by atoms with Crippen molar-refractivity contribution in [3.63, 3.8) is 0 Å². The lowest BCUT2D eigenvalue weighted by atomic mass is 9.87. The van der Waals surface area contributed by atoms with E-state index in [-0.39, 0.29) is 0 Å². The molecule has 1 N–H and O–H groups in total. The Morgan fingerprint density at radius 1 is 1.38 bits per heavy atom. The van der Waals surface area contributed by atoms with Crippen LogP contribution in [0.5, 0.6) is 0 Å². The van der Waals surface area contributed by atoms with E-state index in [1.807, 2.05) is 0 Å². The first-order chi connectivity index (χ1) is 6.33. The molecule has 1 saturated carbocycles. The molecule has 0 saturated heterocycles. The summed E-state index contributed by atoms with van der Waals surface area (Å²) in [4.78, 5) is 0. The minimum Gasteiger partial charge on any atom is -0.385 e. The highest BCUT2D eigenvalue weighted by Gasteiger charge is 2.17. The van der Waals surface area contributed by atoms with Crippen LogP contribution < -0.4 is 5.32 Å². The molecule has 0 aromatic carbocycles. The molecule has 0 unspecified atom stereocenters. The summed E-state index contributed by atoms with van der Waals surface area (Å²) in [6, 6.07) is 0.778. The van der Waals surface area contributed by atoms with Gasteiger partial charge in [0.15, 0.2) is 0 Å². The molecular formula is C11H23NO. The molecule has 2 nitrogen and oxygen atoms in total. The van der Waals surface area contributed by atoms with Crippen molar-refractivity contribution in [2.75, 3.05) is 20.3 Å². The van der Waals surface area contributed by atoms with Gasteiger partial charge >= 0.3 is 0 Å². The highest BCUT2D eigenvalue weighted by atomic mass is 16.5. The molecule has 2 atom stereocenters. The van der Waals surface area contributed by atoms with E-state index in [1.54, 1.807) is 7.11 Å². The molecule has 0 radical (unpaired) electrons. The van der Waals surface area contributed by atoms with Gasteiger partial charge in [-0.15, -0.1) is 0 Å². The fraction of sp³-hybridized carbons (Fsp3) is 1.00. The van der Waals surface area contributed by atoms with E-state index < -0.39 is 0 Å². The Morgan fingerprint density at radius 3 is 2.92 bits per heavy atom. The van der Waals surface area contributed by atoms with Crippen LogP contribution in [0.15, 0.2) is 0 Å². The SMILES string of the molecule is COCCCN[C@@H]1CCC[C@@H](C)C1. The third-order valence-corrected chi connectivity index (χ3v) is 2.89. The number of methoxy groups -OCH3 is 1. The van der Waals surface area contributed by atoms with Gasteiger partial charge in [-0.25, -0.2) is 0 Å². The normalized spacial score (nSPS) is 29.1. The second-order valence-electron chi connectivity index (χ2n) is 4.27. The summed E-state index contributed by atoms with van der Waals surface area (Å²) in [5.74, 6) is 0.925. The van der Waals surface area contributed by atoms with Gasteiger partial charge in [-0.1, -0.05) is 19.8 Å². The van der Waals surface area contributed by atoms with Crippen molar-refractivity contribution < 1.29 is 4.74 Å². The molecule has 0 aliphatic heterocycles. The Labute approximate surface area is 82.0 Å². The van der Waals surface area contributed by atoms with E-state index in [0.717, 1.165) is 31.5 Å². The zero-order valence-electron chi connectivity index (χ0n) is 9.01.